The fraction of sp³-hybridized carbons (Fsp3) is 0.625. The molecule has 3 N–H and O–H groups in total. The van der Waals surface area contributed by atoms with E-state index in [4.69, 9.17) is 0 Å². The van der Waals surface area contributed by atoms with Gasteiger partial charge in [0.15, 0.2) is 0 Å². The Morgan fingerprint density at radius 2 is 1.47 bits per heavy atom. The molecule has 0 aliphatic rings. The molecule has 1 unspecified atom stereocenters. The summed E-state index contributed by atoms with van der Waals surface area (Å²) >= 11 is 0. The Morgan fingerprint density at radius 1 is 0.895 bits per heavy atom. The highest BCUT2D eigenvalue weighted by Crippen LogP contribution is 2.40. The normalized spacial score (nSPS) is 12.5. The Kier molecular flexibility index (Phi) is 6.54. The van der Waals surface area contributed by atoms with E-state index in [1.807, 2.05) is 0 Å². The van der Waals surface area contributed by atoms with Crippen LogP contribution >= 0.6 is 0 Å². The first-order valence-electron chi connectivity index (χ1n) is 7.34. The van der Waals surface area contributed by atoms with Crippen LogP contribution in [0.5, 0.6) is 17.2 Å². The van der Waals surface area contributed by atoms with Crippen LogP contribution in [-0.2, 0) is 0 Å². The molecule has 0 saturated heterocycles. The third-order valence-corrected chi connectivity index (χ3v) is 3.68. The largest absolute Gasteiger partial charge is 0.508 e. The topological polar surface area (TPSA) is 60.7 Å². The van der Waals surface area contributed by atoms with E-state index in [1.54, 1.807) is 0 Å². The predicted octanol–water partition coefficient (Wildman–Crippen LogP) is 4.66. The summed E-state index contributed by atoms with van der Waals surface area (Å²) in [4.78, 5) is 0. The smallest absolute Gasteiger partial charge is 0.126 e. The van der Waals surface area contributed by atoms with Crippen molar-refractivity contribution in [1.82, 2.24) is 0 Å². The summed E-state index contributed by atoms with van der Waals surface area (Å²) < 4.78 is 0. The zero-order valence-corrected chi connectivity index (χ0v) is 12.0. The molecule has 3 heteroatoms. The fourth-order valence-electron chi connectivity index (χ4n) is 2.57. The van der Waals surface area contributed by atoms with Crippen LogP contribution in [0.25, 0.3) is 0 Å². The first-order valence-corrected chi connectivity index (χ1v) is 7.34. The molecule has 0 aliphatic heterocycles. The van der Waals surface area contributed by atoms with Gasteiger partial charge < -0.3 is 15.3 Å². The second-order valence-corrected chi connectivity index (χ2v) is 5.21. The third-order valence-electron chi connectivity index (χ3n) is 3.68. The minimum absolute atomic E-state index is 0.00194. The van der Waals surface area contributed by atoms with Gasteiger partial charge in [0.25, 0.3) is 0 Å². The monoisotopic (exact) mass is 266 g/mol. The molecule has 1 atom stereocenters. The second-order valence-electron chi connectivity index (χ2n) is 5.21. The summed E-state index contributed by atoms with van der Waals surface area (Å²) in [7, 11) is 0. The Bertz CT molecular complexity index is 365. The number of unbranched alkanes of at least 4 members (excludes halogenated alkanes) is 4. The molecular formula is C16H26O3. The van der Waals surface area contributed by atoms with E-state index in [-0.39, 0.29) is 23.2 Å². The van der Waals surface area contributed by atoms with Gasteiger partial charge in [-0.2, -0.15) is 0 Å². The summed E-state index contributed by atoms with van der Waals surface area (Å²) in [6.45, 7) is 4.25. The molecule has 0 spiro atoms. The average molecular weight is 266 g/mol. The number of rotatable bonds is 8. The van der Waals surface area contributed by atoms with E-state index in [9.17, 15) is 15.3 Å². The van der Waals surface area contributed by atoms with Gasteiger partial charge in [-0.15, -0.1) is 0 Å². The molecule has 0 fully saturated rings. The van der Waals surface area contributed by atoms with Crippen LogP contribution in [0.3, 0.4) is 0 Å². The lowest BCUT2D eigenvalue weighted by atomic mass is 9.89. The van der Waals surface area contributed by atoms with Crippen molar-refractivity contribution in [2.75, 3.05) is 0 Å². The van der Waals surface area contributed by atoms with E-state index in [1.165, 1.54) is 37.8 Å². The molecule has 0 bridgehead atoms. The van der Waals surface area contributed by atoms with Gasteiger partial charge in [-0.1, -0.05) is 46.0 Å². The first-order chi connectivity index (χ1) is 9.10. The zero-order chi connectivity index (χ0) is 14.3. The minimum atomic E-state index is -0.100. The van der Waals surface area contributed by atoms with Crippen molar-refractivity contribution in [3.63, 3.8) is 0 Å². The lowest BCUT2D eigenvalue weighted by Crippen LogP contribution is -1.99. The second kappa shape index (κ2) is 7.93. The maximum atomic E-state index is 9.89. The molecule has 1 aromatic carbocycles. The van der Waals surface area contributed by atoms with Crippen molar-refractivity contribution < 1.29 is 15.3 Å². The van der Waals surface area contributed by atoms with Gasteiger partial charge in [-0.25, -0.2) is 0 Å². The first kappa shape index (κ1) is 15.7. The van der Waals surface area contributed by atoms with E-state index < -0.39 is 0 Å². The number of aromatic hydroxyl groups is 3. The van der Waals surface area contributed by atoms with Crippen molar-refractivity contribution in [3.05, 3.63) is 17.7 Å². The number of phenols is 3. The minimum Gasteiger partial charge on any atom is -0.508 e. The summed E-state index contributed by atoms with van der Waals surface area (Å²) in [5.41, 5.74) is 0.579. The molecular weight excluding hydrogens is 240 g/mol. The quantitative estimate of drug-likeness (QED) is 0.600. The van der Waals surface area contributed by atoms with Crippen molar-refractivity contribution in [3.8, 4) is 17.2 Å². The molecule has 0 saturated carbocycles. The highest BCUT2D eigenvalue weighted by Gasteiger charge is 2.18. The van der Waals surface area contributed by atoms with Gasteiger partial charge in [0.1, 0.15) is 17.2 Å². The number of hydrogen-bond acceptors (Lipinski definition) is 3. The summed E-state index contributed by atoms with van der Waals surface area (Å²) in [6, 6.07) is 2.60. The van der Waals surface area contributed by atoms with Gasteiger partial charge in [0.05, 0.1) is 0 Å². The number of phenolic OH excluding ortho intramolecular Hbond substituents is 3. The molecule has 3 nitrogen and oxygen atoms in total. The molecule has 0 radical (unpaired) electrons. The van der Waals surface area contributed by atoms with Crippen LogP contribution in [-0.4, -0.2) is 15.3 Å². The standard InChI is InChI=1S/C16H26O3/c1-3-5-6-7-8-9-12(4-2)16-14(18)10-13(17)11-15(16)19/h10-12,17-19H,3-9H2,1-2H3. The van der Waals surface area contributed by atoms with Crippen LogP contribution < -0.4 is 0 Å². The van der Waals surface area contributed by atoms with Crippen molar-refractivity contribution in [2.24, 2.45) is 0 Å². The molecule has 108 valence electrons. The fourth-order valence-corrected chi connectivity index (χ4v) is 2.57. The summed E-state index contributed by atoms with van der Waals surface area (Å²) in [6.07, 6.45) is 7.90. The maximum Gasteiger partial charge on any atom is 0.126 e. The molecule has 1 aromatic rings. The van der Waals surface area contributed by atoms with Gasteiger partial charge in [-0.05, 0) is 18.8 Å². The molecule has 1 rings (SSSR count). The SMILES string of the molecule is CCCCCCCC(CC)c1c(O)cc(O)cc1O. The molecule has 0 amide bonds. The molecule has 0 aromatic heterocycles. The van der Waals surface area contributed by atoms with E-state index in [0.29, 0.717) is 5.56 Å². The average Bonchev–Trinajstić information content (AvgIpc) is 2.35. The van der Waals surface area contributed by atoms with Crippen LogP contribution in [0, 0.1) is 0 Å². The van der Waals surface area contributed by atoms with Crippen molar-refractivity contribution in [1.29, 1.82) is 0 Å². The molecule has 0 aliphatic carbocycles. The Hall–Kier alpha value is -1.38. The van der Waals surface area contributed by atoms with Gasteiger partial charge >= 0.3 is 0 Å². The highest BCUT2D eigenvalue weighted by atomic mass is 16.3. The predicted molar refractivity (Wildman–Crippen MR) is 77.8 cm³/mol. The van der Waals surface area contributed by atoms with Gasteiger partial charge in [0.2, 0.25) is 0 Å². The Labute approximate surface area is 115 Å². The Morgan fingerprint density at radius 3 is 2.00 bits per heavy atom. The molecule has 19 heavy (non-hydrogen) atoms. The van der Waals surface area contributed by atoms with E-state index in [0.717, 1.165) is 19.3 Å². The van der Waals surface area contributed by atoms with Crippen molar-refractivity contribution >= 4 is 0 Å². The van der Waals surface area contributed by atoms with Crippen LogP contribution in [0.15, 0.2) is 12.1 Å². The van der Waals surface area contributed by atoms with Gasteiger partial charge in [-0.3, -0.25) is 0 Å². The van der Waals surface area contributed by atoms with Crippen LogP contribution in [0.4, 0.5) is 0 Å². The van der Waals surface area contributed by atoms with Crippen molar-refractivity contribution in [2.45, 2.75) is 64.7 Å². The van der Waals surface area contributed by atoms with Crippen LogP contribution in [0.2, 0.25) is 0 Å². The maximum absolute atomic E-state index is 9.89. The molecule has 0 heterocycles. The van der Waals surface area contributed by atoms with E-state index >= 15 is 0 Å². The lowest BCUT2D eigenvalue weighted by molar-refractivity contribution is 0.403. The summed E-state index contributed by atoms with van der Waals surface area (Å²) in [5, 5.41) is 29.1. The van der Waals surface area contributed by atoms with Crippen LogP contribution in [0.1, 0.15) is 70.3 Å². The third kappa shape index (κ3) is 4.66. The van der Waals surface area contributed by atoms with Gasteiger partial charge in [0, 0.05) is 17.7 Å². The highest BCUT2D eigenvalue weighted by molar-refractivity contribution is 5.50. The zero-order valence-electron chi connectivity index (χ0n) is 12.0. The Balaban J connectivity index is 2.64. The van der Waals surface area contributed by atoms with E-state index in [2.05, 4.69) is 13.8 Å². The number of hydrogen-bond donors (Lipinski definition) is 3. The summed E-state index contributed by atoms with van der Waals surface area (Å²) in [5.74, 6) is 0.0505. The lowest BCUT2D eigenvalue weighted by Gasteiger charge is -2.18. The number of benzene rings is 1.